The van der Waals surface area contributed by atoms with Crippen LogP contribution in [0.15, 0.2) is 42.6 Å². The molecular formula is C21H22FN5O3. The van der Waals surface area contributed by atoms with Gasteiger partial charge in [0, 0.05) is 24.8 Å². The molecule has 3 aromatic rings. The van der Waals surface area contributed by atoms with Crippen LogP contribution in [0.1, 0.15) is 19.4 Å². The third-order valence-corrected chi connectivity index (χ3v) is 5.06. The molecule has 0 aliphatic carbocycles. The normalized spacial score (nSPS) is 16.1. The minimum Gasteiger partial charge on any atom is -0.465 e. The number of hydrogen-bond acceptors (Lipinski definition) is 5. The van der Waals surface area contributed by atoms with Crippen LogP contribution < -0.4 is 5.32 Å². The van der Waals surface area contributed by atoms with Crippen LogP contribution in [0.4, 0.5) is 9.18 Å². The van der Waals surface area contributed by atoms with Crippen molar-refractivity contribution in [2.24, 2.45) is 0 Å². The lowest BCUT2D eigenvalue weighted by Crippen LogP contribution is -2.41. The number of nitrogens with zero attached hydrogens (tertiary/aromatic N) is 4. The van der Waals surface area contributed by atoms with E-state index in [0.29, 0.717) is 25.3 Å². The molecule has 0 unspecified atom stereocenters. The van der Waals surface area contributed by atoms with Crippen molar-refractivity contribution in [3.63, 3.8) is 0 Å². The number of esters is 1. The first-order valence-corrected chi connectivity index (χ1v) is 9.84. The average Bonchev–Trinajstić information content (AvgIpc) is 3.37. The standard InChI is InChI=1S/C21H22FN5O3/c1-2-30-18(28)12-24-21(29)26-11-9-16(13-26)27-19(14-5-7-15(22)8-6-14)25-17-4-3-10-23-20(17)27/h3-8,10,16H,2,9,11-13H2,1H3,(H,24,29)/t16-/m0/s1. The van der Waals surface area contributed by atoms with Gasteiger partial charge in [-0.1, -0.05) is 0 Å². The maximum Gasteiger partial charge on any atom is 0.325 e. The predicted octanol–water partition coefficient (Wildman–Crippen LogP) is 2.76. The van der Waals surface area contributed by atoms with Gasteiger partial charge in [-0.2, -0.15) is 0 Å². The van der Waals surface area contributed by atoms with Crippen LogP contribution in [-0.2, 0) is 9.53 Å². The number of ether oxygens (including phenoxy) is 1. The van der Waals surface area contributed by atoms with E-state index < -0.39 is 5.97 Å². The third-order valence-electron chi connectivity index (χ3n) is 5.06. The number of halogens is 1. The molecule has 0 spiro atoms. The summed E-state index contributed by atoms with van der Waals surface area (Å²) in [7, 11) is 0. The Bertz CT molecular complexity index is 1070. The zero-order valence-corrected chi connectivity index (χ0v) is 16.5. The van der Waals surface area contributed by atoms with Crippen LogP contribution in [0.25, 0.3) is 22.6 Å². The first kappa shape index (κ1) is 19.8. The summed E-state index contributed by atoms with van der Waals surface area (Å²) in [6.07, 6.45) is 2.41. The molecule has 0 bridgehead atoms. The fraction of sp³-hybridized carbons (Fsp3) is 0.333. The van der Waals surface area contributed by atoms with Gasteiger partial charge in [-0.3, -0.25) is 4.79 Å². The molecule has 9 heteroatoms. The maximum atomic E-state index is 13.4. The predicted molar refractivity (Wildman–Crippen MR) is 108 cm³/mol. The van der Waals surface area contributed by atoms with Crippen LogP contribution >= 0.6 is 0 Å². The minimum absolute atomic E-state index is 0.0432. The van der Waals surface area contributed by atoms with E-state index in [1.54, 1.807) is 30.2 Å². The summed E-state index contributed by atoms with van der Waals surface area (Å²) >= 11 is 0. The van der Waals surface area contributed by atoms with E-state index in [0.717, 1.165) is 16.7 Å². The van der Waals surface area contributed by atoms with Crippen LogP contribution in [0, 0.1) is 5.82 Å². The Balaban J connectivity index is 1.57. The number of pyridine rings is 1. The van der Waals surface area contributed by atoms with Crippen molar-refractivity contribution >= 4 is 23.2 Å². The fourth-order valence-corrected chi connectivity index (χ4v) is 3.69. The molecule has 1 saturated heterocycles. The van der Waals surface area contributed by atoms with E-state index in [9.17, 15) is 14.0 Å². The second-order valence-electron chi connectivity index (χ2n) is 7.01. The van der Waals surface area contributed by atoms with Crippen molar-refractivity contribution in [3.05, 3.63) is 48.4 Å². The fourth-order valence-electron chi connectivity index (χ4n) is 3.69. The number of carbonyl (C=O) groups excluding carboxylic acids is 2. The molecule has 8 nitrogen and oxygen atoms in total. The molecule has 1 atom stereocenters. The Morgan fingerprint density at radius 3 is 2.83 bits per heavy atom. The van der Waals surface area contributed by atoms with Gasteiger partial charge in [0.15, 0.2) is 5.65 Å². The number of benzene rings is 1. The molecule has 0 radical (unpaired) electrons. The van der Waals surface area contributed by atoms with Crippen molar-refractivity contribution < 1.29 is 18.7 Å². The molecule has 2 amide bonds. The number of likely N-dealkylation sites (tertiary alicyclic amines) is 1. The van der Waals surface area contributed by atoms with Crippen LogP contribution in [-0.4, -0.2) is 57.7 Å². The quantitative estimate of drug-likeness (QED) is 0.652. The molecule has 1 N–H and O–H groups in total. The molecule has 0 saturated carbocycles. The van der Waals surface area contributed by atoms with Crippen molar-refractivity contribution in [1.29, 1.82) is 0 Å². The number of imidazole rings is 1. The Morgan fingerprint density at radius 1 is 1.27 bits per heavy atom. The van der Waals surface area contributed by atoms with Gasteiger partial charge in [-0.15, -0.1) is 0 Å². The van der Waals surface area contributed by atoms with Crippen molar-refractivity contribution in [2.45, 2.75) is 19.4 Å². The number of hydrogen-bond donors (Lipinski definition) is 1. The lowest BCUT2D eigenvalue weighted by molar-refractivity contribution is -0.141. The Hall–Kier alpha value is -3.49. The maximum absolute atomic E-state index is 13.4. The topological polar surface area (TPSA) is 89.4 Å². The van der Waals surface area contributed by atoms with E-state index in [4.69, 9.17) is 9.72 Å². The zero-order valence-electron chi connectivity index (χ0n) is 16.5. The number of fused-ring (bicyclic) bond motifs is 1. The molecule has 4 rings (SSSR count). The lowest BCUT2D eigenvalue weighted by Gasteiger charge is -2.19. The number of rotatable bonds is 5. The second kappa shape index (κ2) is 8.48. The van der Waals surface area contributed by atoms with E-state index in [1.165, 1.54) is 12.1 Å². The Labute approximate surface area is 172 Å². The van der Waals surface area contributed by atoms with Crippen molar-refractivity contribution in [2.75, 3.05) is 26.2 Å². The highest BCUT2D eigenvalue weighted by molar-refractivity contribution is 5.81. The van der Waals surface area contributed by atoms with Gasteiger partial charge in [0.05, 0.1) is 12.6 Å². The summed E-state index contributed by atoms with van der Waals surface area (Å²) in [6, 6.07) is 9.51. The van der Waals surface area contributed by atoms with E-state index in [1.807, 2.05) is 16.7 Å². The van der Waals surface area contributed by atoms with Gasteiger partial charge in [0.2, 0.25) is 0 Å². The highest BCUT2D eigenvalue weighted by Gasteiger charge is 2.31. The summed E-state index contributed by atoms with van der Waals surface area (Å²) in [5.41, 5.74) is 2.23. The molecule has 2 aromatic heterocycles. The van der Waals surface area contributed by atoms with E-state index in [-0.39, 0.29) is 31.0 Å². The van der Waals surface area contributed by atoms with Crippen LogP contribution in [0.5, 0.6) is 0 Å². The lowest BCUT2D eigenvalue weighted by atomic mass is 10.2. The number of carbonyl (C=O) groups is 2. The number of amides is 2. The molecule has 1 aliphatic heterocycles. The van der Waals surface area contributed by atoms with Gasteiger partial charge in [-0.25, -0.2) is 19.2 Å². The van der Waals surface area contributed by atoms with Crippen LogP contribution in [0.2, 0.25) is 0 Å². The van der Waals surface area contributed by atoms with Crippen molar-refractivity contribution in [3.8, 4) is 11.4 Å². The molecular weight excluding hydrogens is 389 g/mol. The molecule has 1 aromatic carbocycles. The minimum atomic E-state index is -0.468. The first-order valence-electron chi connectivity index (χ1n) is 9.84. The molecule has 1 fully saturated rings. The van der Waals surface area contributed by atoms with Crippen molar-refractivity contribution in [1.82, 2.24) is 24.8 Å². The molecule has 1 aliphatic rings. The zero-order chi connectivity index (χ0) is 21.1. The highest BCUT2D eigenvalue weighted by atomic mass is 19.1. The van der Waals surface area contributed by atoms with Crippen LogP contribution in [0.3, 0.4) is 0 Å². The SMILES string of the molecule is CCOC(=O)CNC(=O)N1CC[C@H](n2c(-c3ccc(F)cc3)nc3cccnc32)C1. The summed E-state index contributed by atoms with van der Waals surface area (Å²) in [6.45, 7) is 2.81. The largest absolute Gasteiger partial charge is 0.465 e. The summed E-state index contributed by atoms with van der Waals surface area (Å²) in [4.78, 5) is 34.8. The number of nitrogens with one attached hydrogen (secondary N) is 1. The summed E-state index contributed by atoms with van der Waals surface area (Å²) in [5, 5.41) is 2.59. The third kappa shape index (κ3) is 3.96. The second-order valence-corrected chi connectivity index (χ2v) is 7.01. The van der Waals surface area contributed by atoms with Gasteiger partial charge < -0.3 is 19.5 Å². The number of urea groups is 1. The van der Waals surface area contributed by atoms with Gasteiger partial charge in [-0.05, 0) is 49.7 Å². The molecule has 3 heterocycles. The van der Waals surface area contributed by atoms with E-state index in [2.05, 4.69) is 10.3 Å². The summed E-state index contributed by atoms with van der Waals surface area (Å²) < 4.78 is 20.3. The molecule has 30 heavy (non-hydrogen) atoms. The van der Waals surface area contributed by atoms with E-state index >= 15 is 0 Å². The highest BCUT2D eigenvalue weighted by Crippen LogP contribution is 2.32. The number of aromatic nitrogens is 3. The first-order chi connectivity index (χ1) is 14.6. The van der Waals surface area contributed by atoms with Gasteiger partial charge >= 0.3 is 12.0 Å². The monoisotopic (exact) mass is 411 g/mol. The summed E-state index contributed by atoms with van der Waals surface area (Å²) in [5.74, 6) is -0.0997. The average molecular weight is 411 g/mol. The smallest absolute Gasteiger partial charge is 0.325 e. The Morgan fingerprint density at radius 2 is 2.07 bits per heavy atom. The molecule has 156 valence electrons. The van der Waals surface area contributed by atoms with Gasteiger partial charge in [0.25, 0.3) is 0 Å². The Kier molecular flexibility index (Phi) is 5.60. The van der Waals surface area contributed by atoms with Gasteiger partial charge in [0.1, 0.15) is 23.7 Å².